The number of nitrogens with two attached hydrogens (primary N) is 1. The average molecular weight is 268 g/mol. The average Bonchev–Trinajstić information content (AvgIpc) is 2.45. The molecule has 0 spiro atoms. The van der Waals surface area contributed by atoms with Crippen LogP contribution in [0.2, 0.25) is 0 Å². The summed E-state index contributed by atoms with van der Waals surface area (Å²) < 4.78 is 11.3. The van der Waals surface area contributed by atoms with Crippen molar-refractivity contribution in [1.82, 2.24) is 0 Å². The van der Waals surface area contributed by atoms with Crippen molar-refractivity contribution in [1.29, 1.82) is 5.26 Å². The highest BCUT2D eigenvalue weighted by molar-refractivity contribution is 5.51. The molecule has 0 aliphatic carbocycles. The fourth-order valence-electron chi connectivity index (χ4n) is 1.69. The SMILES string of the molecule is CCCOc1cc(N)cc(Oc2ccc(C#N)cc2)c1. The Kier molecular flexibility index (Phi) is 4.46. The molecule has 0 bridgehead atoms. The minimum atomic E-state index is 0.585. The lowest BCUT2D eigenvalue weighted by Gasteiger charge is -2.10. The Labute approximate surface area is 118 Å². The van der Waals surface area contributed by atoms with E-state index in [4.69, 9.17) is 20.5 Å². The standard InChI is InChI=1S/C16H16N2O2/c1-2-7-19-15-8-13(18)9-16(10-15)20-14-5-3-12(11-17)4-6-14/h3-6,8-10H,2,7,18H2,1H3. The van der Waals surface area contributed by atoms with Gasteiger partial charge in [-0.25, -0.2) is 0 Å². The van der Waals surface area contributed by atoms with Crippen LogP contribution < -0.4 is 15.2 Å². The van der Waals surface area contributed by atoms with E-state index in [0.29, 0.717) is 35.1 Å². The summed E-state index contributed by atoms with van der Waals surface area (Å²) >= 11 is 0. The van der Waals surface area contributed by atoms with Gasteiger partial charge in [0.25, 0.3) is 0 Å². The highest BCUT2D eigenvalue weighted by atomic mass is 16.5. The van der Waals surface area contributed by atoms with Gasteiger partial charge in [0.1, 0.15) is 17.2 Å². The van der Waals surface area contributed by atoms with E-state index in [-0.39, 0.29) is 0 Å². The van der Waals surface area contributed by atoms with Crippen LogP contribution in [-0.2, 0) is 0 Å². The molecule has 0 heterocycles. The van der Waals surface area contributed by atoms with Gasteiger partial charge < -0.3 is 15.2 Å². The number of ether oxygens (including phenoxy) is 2. The monoisotopic (exact) mass is 268 g/mol. The molecule has 0 fully saturated rings. The van der Waals surface area contributed by atoms with Crippen molar-refractivity contribution in [2.75, 3.05) is 12.3 Å². The number of nitrogens with zero attached hydrogens (tertiary/aromatic N) is 1. The summed E-state index contributed by atoms with van der Waals surface area (Å²) in [5.74, 6) is 1.95. The van der Waals surface area contributed by atoms with E-state index in [1.54, 1.807) is 42.5 Å². The van der Waals surface area contributed by atoms with Crippen LogP contribution in [-0.4, -0.2) is 6.61 Å². The number of hydrogen-bond donors (Lipinski definition) is 1. The number of anilines is 1. The van der Waals surface area contributed by atoms with Crippen molar-refractivity contribution in [3.05, 3.63) is 48.0 Å². The Bertz CT molecular complexity index is 615. The normalized spacial score (nSPS) is 9.80. The third-order valence-corrected chi connectivity index (χ3v) is 2.59. The molecule has 2 rings (SSSR count). The molecule has 102 valence electrons. The molecule has 2 aromatic rings. The Balaban J connectivity index is 2.15. The van der Waals surface area contributed by atoms with Crippen LogP contribution in [0.5, 0.6) is 17.2 Å². The quantitative estimate of drug-likeness (QED) is 0.839. The summed E-state index contributed by atoms with van der Waals surface area (Å²) in [6.45, 7) is 2.68. The number of nitrogen functional groups attached to an aromatic ring is 1. The largest absolute Gasteiger partial charge is 0.493 e. The minimum absolute atomic E-state index is 0.585. The van der Waals surface area contributed by atoms with Gasteiger partial charge in [-0.3, -0.25) is 0 Å². The molecule has 20 heavy (non-hydrogen) atoms. The Morgan fingerprint density at radius 1 is 1.05 bits per heavy atom. The lowest BCUT2D eigenvalue weighted by molar-refractivity contribution is 0.316. The molecule has 2 N–H and O–H groups in total. The van der Waals surface area contributed by atoms with Gasteiger partial charge >= 0.3 is 0 Å². The first-order chi connectivity index (χ1) is 9.71. The minimum Gasteiger partial charge on any atom is -0.493 e. The second-order valence-electron chi connectivity index (χ2n) is 4.32. The second kappa shape index (κ2) is 6.48. The first-order valence-corrected chi connectivity index (χ1v) is 6.42. The van der Waals surface area contributed by atoms with Gasteiger partial charge in [-0.05, 0) is 30.7 Å². The summed E-state index contributed by atoms with van der Waals surface area (Å²) in [6, 6.07) is 14.3. The third kappa shape index (κ3) is 3.66. The molecule has 0 atom stereocenters. The van der Waals surface area contributed by atoms with E-state index >= 15 is 0 Å². The molecule has 2 aromatic carbocycles. The maximum Gasteiger partial charge on any atom is 0.133 e. The highest BCUT2D eigenvalue weighted by Crippen LogP contribution is 2.28. The highest BCUT2D eigenvalue weighted by Gasteiger charge is 2.03. The van der Waals surface area contributed by atoms with Crippen molar-refractivity contribution >= 4 is 5.69 Å². The van der Waals surface area contributed by atoms with Crippen LogP contribution in [0.15, 0.2) is 42.5 Å². The molecule has 0 radical (unpaired) electrons. The molecule has 0 aliphatic heterocycles. The smallest absolute Gasteiger partial charge is 0.133 e. The van der Waals surface area contributed by atoms with E-state index in [2.05, 4.69) is 6.07 Å². The fourth-order valence-corrected chi connectivity index (χ4v) is 1.69. The molecule has 0 saturated carbocycles. The zero-order valence-corrected chi connectivity index (χ0v) is 11.3. The van der Waals surface area contributed by atoms with Crippen LogP contribution in [0.4, 0.5) is 5.69 Å². The summed E-state index contributed by atoms with van der Waals surface area (Å²) in [5.41, 5.74) is 7.01. The summed E-state index contributed by atoms with van der Waals surface area (Å²) in [5, 5.41) is 8.75. The van der Waals surface area contributed by atoms with E-state index in [9.17, 15) is 0 Å². The van der Waals surface area contributed by atoms with E-state index in [0.717, 1.165) is 6.42 Å². The fraction of sp³-hybridized carbons (Fsp3) is 0.188. The Hall–Kier alpha value is -2.67. The Morgan fingerprint density at radius 3 is 2.40 bits per heavy atom. The predicted molar refractivity (Wildman–Crippen MR) is 77.9 cm³/mol. The summed E-state index contributed by atoms with van der Waals surface area (Å²) in [4.78, 5) is 0. The summed E-state index contributed by atoms with van der Waals surface area (Å²) in [6.07, 6.45) is 0.931. The van der Waals surface area contributed by atoms with Gasteiger partial charge in [-0.2, -0.15) is 5.26 Å². The molecular weight excluding hydrogens is 252 g/mol. The van der Waals surface area contributed by atoms with Crippen LogP contribution in [0.25, 0.3) is 0 Å². The van der Waals surface area contributed by atoms with E-state index in [1.807, 2.05) is 6.92 Å². The lowest BCUT2D eigenvalue weighted by atomic mass is 10.2. The first kappa shape index (κ1) is 13.8. The molecule has 0 amide bonds. The van der Waals surface area contributed by atoms with Crippen LogP contribution in [0.3, 0.4) is 0 Å². The molecular formula is C16H16N2O2. The third-order valence-electron chi connectivity index (χ3n) is 2.59. The second-order valence-corrected chi connectivity index (χ2v) is 4.32. The number of benzene rings is 2. The molecule has 0 unspecified atom stereocenters. The molecule has 0 aliphatic rings. The first-order valence-electron chi connectivity index (χ1n) is 6.42. The van der Waals surface area contributed by atoms with Crippen LogP contribution in [0.1, 0.15) is 18.9 Å². The number of nitriles is 1. The molecule has 0 saturated heterocycles. The van der Waals surface area contributed by atoms with Gasteiger partial charge in [0, 0.05) is 23.9 Å². The van der Waals surface area contributed by atoms with Crippen molar-refractivity contribution in [2.45, 2.75) is 13.3 Å². The molecule has 4 heteroatoms. The molecule has 4 nitrogen and oxygen atoms in total. The Morgan fingerprint density at radius 2 is 1.75 bits per heavy atom. The topological polar surface area (TPSA) is 68.3 Å². The maximum absolute atomic E-state index is 8.75. The van der Waals surface area contributed by atoms with Crippen molar-refractivity contribution in [3.63, 3.8) is 0 Å². The van der Waals surface area contributed by atoms with E-state index in [1.165, 1.54) is 0 Å². The van der Waals surface area contributed by atoms with Crippen molar-refractivity contribution in [3.8, 4) is 23.3 Å². The van der Waals surface area contributed by atoms with Crippen LogP contribution >= 0.6 is 0 Å². The number of rotatable bonds is 5. The van der Waals surface area contributed by atoms with Crippen molar-refractivity contribution in [2.24, 2.45) is 0 Å². The van der Waals surface area contributed by atoms with Gasteiger partial charge in [-0.15, -0.1) is 0 Å². The zero-order valence-electron chi connectivity index (χ0n) is 11.3. The van der Waals surface area contributed by atoms with Crippen molar-refractivity contribution < 1.29 is 9.47 Å². The van der Waals surface area contributed by atoms with Gasteiger partial charge in [0.2, 0.25) is 0 Å². The lowest BCUT2D eigenvalue weighted by Crippen LogP contribution is -1.97. The zero-order chi connectivity index (χ0) is 14.4. The number of hydrogen-bond acceptors (Lipinski definition) is 4. The van der Waals surface area contributed by atoms with Gasteiger partial charge in [0.05, 0.1) is 18.2 Å². The predicted octanol–water partition coefficient (Wildman–Crippen LogP) is 3.72. The molecule has 0 aromatic heterocycles. The van der Waals surface area contributed by atoms with Gasteiger partial charge in [-0.1, -0.05) is 6.92 Å². The van der Waals surface area contributed by atoms with Crippen LogP contribution in [0, 0.1) is 11.3 Å². The maximum atomic E-state index is 8.75. The van der Waals surface area contributed by atoms with E-state index < -0.39 is 0 Å². The van der Waals surface area contributed by atoms with Gasteiger partial charge in [0.15, 0.2) is 0 Å². The summed E-state index contributed by atoms with van der Waals surface area (Å²) in [7, 11) is 0.